The van der Waals surface area contributed by atoms with E-state index < -0.39 is 0 Å². The number of methoxy groups -OCH3 is 1. The van der Waals surface area contributed by atoms with Crippen molar-refractivity contribution in [1.29, 1.82) is 0 Å². The lowest BCUT2D eigenvalue weighted by molar-refractivity contribution is 0.417. The Morgan fingerprint density at radius 1 is 1.14 bits per heavy atom. The molecule has 1 heterocycles. The van der Waals surface area contributed by atoms with E-state index in [2.05, 4.69) is 20.9 Å². The second-order valence-electron chi connectivity index (χ2n) is 4.58. The van der Waals surface area contributed by atoms with Crippen molar-refractivity contribution in [3.63, 3.8) is 0 Å². The van der Waals surface area contributed by atoms with Crippen molar-refractivity contribution < 1.29 is 4.74 Å². The van der Waals surface area contributed by atoms with E-state index in [9.17, 15) is 0 Å². The highest BCUT2D eigenvalue weighted by Gasteiger charge is 2.09. The average Bonchev–Trinajstić information content (AvgIpc) is 2.98. The van der Waals surface area contributed by atoms with E-state index in [1.165, 1.54) is 0 Å². The van der Waals surface area contributed by atoms with Crippen LogP contribution in [0.3, 0.4) is 0 Å². The summed E-state index contributed by atoms with van der Waals surface area (Å²) in [5.41, 5.74) is 9.53. The Morgan fingerprint density at radius 3 is 2.62 bits per heavy atom. The van der Waals surface area contributed by atoms with Crippen molar-refractivity contribution in [2.45, 2.75) is 0 Å². The lowest BCUT2D eigenvalue weighted by Crippen LogP contribution is -1.98. The third-order valence-electron chi connectivity index (χ3n) is 3.27. The molecule has 2 aromatic carbocycles. The topological polar surface area (TPSA) is 53.1 Å². The van der Waals surface area contributed by atoms with Crippen LogP contribution in [-0.4, -0.2) is 16.7 Å². The Bertz CT molecular complexity index is 765. The smallest absolute Gasteiger partial charge is 0.143 e. The summed E-state index contributed by atoms with van der Waals surface area (Å²) in [7, 11) is 1.61. The summed E-state index contributed by atoms with van der Waals surface area (Å²) < 4.78 is 8.33. The minimum atomic E-state index is 0.617. The highest BCUT2D eigenvalue weighted by atomic mass is 79.9. The largest absolute Gasteiger partial charge is 0.495 e. The number of nitrogens with zero attached hydrogens (tertiary/aromatic N) is 2. The monoisotopic (exact) mass is 343 g/mol. The zero-order valence-corrected chi connectivity index (χ0v) is 13.0. The van der Waals surface area contributed by atoms with E-state index in [1.807, 2.05) is 53.2 Å². The minimum Gasteiger partial charge on any atom is -0.495 e. The van der Waals surface area contributed by atoms with E-state index >= 15 is 0 Å². The molecule has 0 radical (unpaired) electrons. The third-order valence-corrected chi connectivity index (χ3v) is 3.80. The maximum Gasteiger partial charge on any atom is 0.143 e. The summed E-state index contributed by atoms with van der Waals surface area (Å²) in [6.45, 7) is 0. The van der Waals surface area contributed by atoms with Crippen molar-refractivity contribution in [3.8, 4) is 22.7 Å². The lowest BCUT2D eigenvalue weighted by atomic mass is 10.1. The van der Waals surface area contributed by atoms with Crippen LogP contribution in [0.4, 0.5) is 5.69 Å². The van der Waals surface area contributed by atoms with E-state index in [4.69, 9.17) is 10.5 Å². The van der Waals surface area contributed by atoms with Gasteiger partial charge in [-0.15, -0.1) is 0 Å². The molecule has 1 aromatic heterocycles. The number of halogens is 1. The van der Waals surface area contributed by atoms with Gasteiger partial charge in [0.25, 0.3) is 0 Å². The number of nitrogens with two attached hydrogens (primary N) is 1. The van der Waals surface area contributed by atoms with Gasteiger partial charge in [0.05, 0.1) is 36.7 Å². The summed E-state index contributed by atoms with van der Waals surface area (Å²) in [5, 5.41) is 0. The normalized spacial score (nSPS) is 10.6. The van der Waals surface area contributed by atoms with Gasteiger partial charge in [-0.1, -0.05) is 28.1 Å². The molecule has 2 N–H and O–H groups in total. The molecule has 0 aliphatic carbocycles. The Morgan fingerprint density at radius 2 is 1.90 bits per heavy atom. The zero-order chi connectivity index (χ0) is 14.8. The Labute approximate surface area is 131 Å². The summed E-state index contributed by atoms with van der Waals surface area (Å²) >= 11 is 3.45. The van der Waals surface area contributed by atoms with Gasteiger partial charge in [0.15, 0.2) is 0 Å². The Kier molecular flexibility index (Phi) is 3.66. The van der Waals surface area contributed by atoms with Crippen LogP contribution in [0.25, 0.3) is 16.9 Å². The number of anilines is 1. The first kappa shape index (κ1) is 13.7. The number of imidazole rings is 1. The van der Waals surface area contributed by atoms with Crippen LogP contribution in [0.2, 0.25) is 0 Å². The molecule has 0 fully saturated rings. The fourth-order valence-electron chi connectivity index (χ4n) is 2.18. The molecule has 3 rings (SSSR count). The minimum absolute atomic E-state index is 0.617. The molecule has 0 spiro atoms. The van der Waals surface area contributed by atoms with Crippen LogP contribution in [-0.2, 0) is 0 Å². The van der Waals surface area contributed by atoms with Gasteiger partial charge in [0, 0.05) is 16.1 Å². The van der Waals surface area contributed by atoms with Gasteiger partial charge in [-0.2, -0.15) is 0 Å². The molecule has 21 heavy (non-hydrogen) atoms. The van der Waals surface area contributed by atoms with Gasteiger partial charge in [-0.05, 0) is 24.3 Å². The number of ether oxygens (including phenoxy) is 1. The standard InChI is InChI=1S/C16H14BrN3O/c1-21-16-8-13(6-7-14(16)18)20-10-19-9-15(20)11-2-4-12(17)5-3-11/h2-10H,18H2,1H3. The summed E-state index contributed by atoms with van der Waals surface area (Å²) in [5.74, 6) is 0.656. The van der Waals surface area contributed by atoms with Gasteiger partial charge in [0.2, 0.25) is 0 Å². The average molecular weight is 344 g/mol. The number of hydrogen-bond acceptors (Lipinski definition) is 3. The summed E-state index contributed by atoms with van der Waals surface area (Å²) in [6, 6.07) is 13.8. The molecular weight excluding hydrogens is 330 g/mol. The van der Waals surface area contributed by atoms with E-state index in [1.54, 1.807) is 13.4 Å². The molecule has 0 saturated heterocycles. The van der Waals surface area contributed by atoms with Crippen molar-refractivity contribution in [2.75, 3.05) is 12.8 Å². The second-order valence-corrected chi connectivity index (χ2v) is 5.50. The molecule has 0 bridgehead atoms. The van der Waals surface area contributed by atoms with Crippen molar-refractivity contribution in [2.24, 2.45) is 0 Å². The molecule has 3 aromatic rings. The fraction of sp³-hybridized carbons (Fsp3) is 0.0625. The van der Waals surface area contributed by atoms with Crippen LogP contribution in [0, 0.1) is 0 Å². The van der Waals surface area contributed by atoms with E-state index in [0.29, 0.717) is 11.4 Å². The van der Waals surface area contributed by atoms with Crippen molar-refractivity contribution in [3.05, 3.63) is 59.5 Å². The van der Waals surface area contributed by atoms with Gasteiger partial charge in [-0.25, -0.2) is 4.98 Å². The highest BCUT2D eigenvalue weighted by molar-refractivity contribution is 9.10. The Balaban J connectivity index is 2.08. The molecule has 5 heteroatoms. The van der Waals surface area contributed by atoms with Crippen molar-refractivity contribution in [1.82, 2.24) is 9.55 Å². The SMILES string of the molecule is COc1cc(-n2cncc2-c2ccc(Br)cc2)ccc1N. The molecule has 0 amide bonds. The van der Waals surface area contributed by atoms with E-state index in [-0.39, 0.29) is 0 Å². The van der Waals surface area contributed by atoms with E-state index in [0.717, 1.165) is 21.4 Å². The Hall–Kier alpha value is -2.27. The number of benzene rings is 2. The van der Waals surface area contributed by atoms with Gasteiger partial charge in [0.1, 0.15) is 5.75 Å². The van der Waals surface area contributed by atoms with Crippen LogP contribution in [0.1, 0.15) is 0 Å². The third kappa shape index (κ3) is 2.64. The molecule has 0 atom stereocenters. The number of hydrogen-bond donors (Lipinski definition) is 1. The van der Waals surface area contributed by atoms with Crippen LogP contribution in [0.5, 0.6) is 5.75 Å². The van der Waals surface area contributed by atoms with Gasteiger partial charge >= 0.3 is 0 Å². The maximum absolute atomic E-state index is 5.86. The number of nitrogen functional groups attached to an aromatic ring is 1. The number of rotatable bonds is 3. The quantitative estimate of drug-likeness (QED) is 0.734. The zero-order valence-electron chi connectivity index (χ0n) is 11.5. The summed E-state index contributed by atoms with van der Waals surface area (Å²) in [4.78, 5) is 4.25. The first-order valence-corrected chi connectivity index (χ1v) is 7.20. The molecule has 106 valence electrons. The molecule has 4 nitrogen and oxygen atoms in total. The van der Waals surface area contributed by atoms with Crippen LogP contribution < -0.4 is 10.5 Å². The van der Waals surface area contributed by atoms with Crippen LogP contribution >= 0.6 is 15.9 Å². The second kappa shape index (κ2) is 5.61. The van der Waals surface area contributed by atoms with Crippen molar-refractivity contribution >= 4 is 21.6 Å². The first-order valence-electron chi connectivity index (χ1n) is 6.41. The first-order chi connectivity index (χ1) is 10.2. The predicted molar refractivity (Wildman–Crippen MR) is 87.7 cm³/mol. The molecular formula is C16H14BrN3O. The highest BCUT2D eigenvalue weighted by Crippen LogP contribution is 2.28. The predicted octanol–water partition coefficient (Wildman–Crippen LogP) is 3.89. The lowest BCUT2D eigenvalue weighted by Gasteiger charge is -2.11. The molecule has 0 aliphatic rings. The molecule has 0 aliphatic heterocycles. The van der Waals surface area contributed by atoms with Gasteiger partial charge < -0.3 is 10.5 Å². The number of aromatic nitrogens is 2. The molecule has 0 saturated carbocycles. The summed E-state index contributed by atoms with van der Waals surface area (Å²) in [6.07, 6.45) is 3.62. The van der Waals surface area contributed by atoms with Gasteiger partial charge in [-0.3, -0.25) is 4.57 Å². The van der Waals surface area contributed by atoms with Crippen LogP contribution in [0.15, 0.2) is 59.5 Å². The maximum atomic E-state index is 5.86. The fourth-order valence-corrected chi connectivity index (χ4v) is 2.45. The molecule has 0 unspecified atom stereocenters.